The highest BCUT2D eigenvalue weighted by Crippen LogP contribution is 2.31. The Bertz CT molecular complexity index is 1040. The summed E-state index contributed by atoms with van der Waals surface area (Å²) in [5, 5.41) is 0. The van der Waals surface area contributed by atoms with Crippen LogP contribution in [0.25, 0.3) is 17.0 Å². The van der Waals surface area contributed by atoms with Crippen molar-refractivity contribution >= 4 is 21.5 Å². The lowest BCUT2D eigenvalue weighted by Gasteiger charge is -2.14. The summed E-state index contributed by atoms with van der Waals surface area (Å²) in [5.41, 5.74) is 4.31. The first-order valence-electron chi connectivity index (χ1n) is 8.77. The molecule has 0 bridgehead atoms. The number of allylic oxidation sites excluding steroid dienone is 5. The molecule has 0 spiro atoms. The van der Waals surface area contributed by atoms with Gasteiger partial charge in [-0.25, -0.2) is 8.42 Å². The van der Waals surface area contributed by atoms with Crippen LogP contribution >= 0.6 is 0 Å². The Kier molecular flexibility index (Phi) is 6.80. The molecule has 148 valence electrons. The van der Waals surface area contributed by atoms with Gasteiger partial charge in [-0.05, 0) is 55.3 Å². The summed E-state index contributed by atoms with van der Waals surface area (Å²) in [6, 6.07) is 8.64. The summed E-state index contributed by atoms with van der Waals surface area (Å²) in [5.74, 6) is -0.320. The summed E-state index contributed by atoms with van der Waals surface area (Å²) in [4.78, 5) is 12.1. The van der Waals surface area contributed by atoms with Gasteiger partial charge in [-0.15, -0.1) is 0 Å². The average molecular weight is 400 g/mol. The number of rotatable bonds is 7. The Morgan fingerprint density at radius 2 is 1.89 bits per heavy atom. The quantitative estimate of drug-likeness (QED) is 0.517. The molecule has 28 heavy (non-hydrogen) atoms. The SMILES string of the molecule is C=C/C=C(\C=C/C)n1c(-c2ccc(S(C)(=O)=O)cc2)cc(CC(=O)OC)c1C. The van der Waals surface area contributed by atoms with Crippen LogP contribution in [0.3, 0.4) is 0 Å². The molecule has 0 aliphatic heterocycles. The van der Waals surface area contributed by atoms with Crippen LogP contribution in [0.15, 0.2) is 66.1 Å². The molecule has 6 heteroatoms. The Labute approximate surface area is 166 Å². The van der Waals surface area contributed by atoms with E-state index in [0.29, 0.717) is 0 Å². The Hall–Kier alpha value is -2.86. The first kappa shape index (κ1) is 21.4. The lowest BCUT2D eigenvalue weighted by Crippen LogP contribution is -2.06. The van der Waals surface area contributed by atoms with E-state index >= 15 is 0 Å². The number of aromatic nitrogens is 1. The van der Waals surface area contributed by atoms with Crippen molar-refractivity contribution in [2.45, 2.75) is 25.2 Å². The van der Waals surface area contributed by atoms with Gasteiger partial charge in [0.2, 0.25) is 0 Å². The molecule has 1 aromatic carbocycles. The summed E-state index contributed by atoms with van der Waals surface area (Å²) in [6.07, 6.45) is 8.78. The molecule has 0 unspecified atom stereocenters. The van der Waals surface area contributed by atoms with Crippen LogP contribution in [-0.4, -0.2) is 32.3 Å². The molecular weight excluding hydrogens is 374 g/mol. The molecule has 1 aromatic heterocycles. The zero-order valence-corrected chi connectivity index (χ0v) is 17.4. The van der Waals surface area contributed by atoms with Crippen LogP contribution in [0.1, 0.15) is 18.2 Å². The van der Waals surface area contributed by atoms with Crippen LogP contribution in [-0.2, 0) is 25.8 Å². The van der Waals surface area contributed by atoms with E-state index in [2.05, 4.69) is 6.58 Å². The third-order valence-electron chi connectivity index (χ3n) is 4.38. The molecule has 0 saturated heterocycles. The molecule has 0 N–H and O–H groups in total. The number of esters is 1. The number of methoxy groups -OCH3 is 1. The number of hydrogen-bond acceptors (Lipinski definition) is 4. The Morgan fingerprint density at radius 1 is 1.25 bits per heavy atom. The van der Waals surface area contributed by atoms with Crippen molar-refractivity contribution < 1.29 is 17.9 Å². The second-order valence-corrected chi connectivity index (χ2v) is 8.37. The maximum atomic E-state index is 11.8. The highest BCUT2D eigenvalue weighted by atomic mass is 32.2. The Balaban J connectivity index is 2.70. The first-order chi connectivity index (χ1) is 13.2. The molecule has 2 rings (SSSR count). The van der Waals surface area contributed by atoms with E-state index in [9.17, 15) is 13.2 Å². The lowest BCUT2D eigenvalue weighted by molar-refractivity contribution is -0.139. The first-order valence-corrected chi connectivity index (χ1v) is 10.7. The van der Waals surface area contributed by atoms with Crippen LogP contribution in [0.2, 0.25) is 0 Å². The fourth-order valence-electron chi connectivity index (χ4n) is 2.98. The molecule has 1 heterocycles. The molecule has 0 atom stereocenters. The number of nitrogens with zero attached hydrogens (tertiary/aromatic N) is 1. The fraction of sp³-hybridized carbons (Fsp3) is 0.227. The van der Waals surface area contributed by atoms with E-state index in [0.717, 1.165) is 28.2 Å². The van der Waals surface area contributed by atoms with Gasteiger partial charge < -0.3 is 9.30 Å². The van der Waals surface area contributed by atoms with Crippen LogP contribution in [0.5, 0.6) is 0 Å². The van der Waals surface area contributed by atoms with Crippen molar-refractivity contribution in [3.8, 4) is 11.3 Å². The van der Waals surface area contributed by atoms with E-state index < -0.39 is 9.84 Å². The van der Waals surface area contributed by atoms with Crippen LogP contribution in [0, 0.1) is 6.92 Å². The molecule has 0 amide bonds. The van der Waals surface area contributed by atoms with Gasteiger partial charge >= 0.3 is 5.97 Å². The summed E-state index contributed by atoms with van der Waals surface area (Å²) < 4.78 is 30.3. The molecule has 5 nitrogen and oxygen atoms in total. The van der Waals surface area contributed by atoms with Crippen molar-refractivity contribution in [1.82, 2.24) is 4.57 Å². The van der Waals surface area contributed by atoms with E-state index in [4.69, 9.17) is 4.74 Å². The van der Waals surface area contributed by atoms with Crippen molar-refractivity contribution in [3.63, 3.8) is 0 Å². The van der Waals surface area contributed by atoms with Crippen molar-refractivity contribution in [1.29, 1.82) is 0 Å². The zero-order chi connectivity index (χ0) is 20.9. The minimum Gasteiger partial charge on any atom is -0.469 e. The number of hydrogen-bond donors (Lipinski definition) is 0. The molecule has 0 saturated carbocycles. The smallest absolute Gasteiger partial charge is 0.310 e. The predicted octanol–water partition coefficient (Wildman–Crippen LogP) is 4.19. The minimum atomic E-state index is -3.27. The number of carbonyl (C=O) groups excluding carboxylic acids is 1. The second-order valence-electron chi connectivity index (χ2n) is 6.35. The van der Waals surface area contributed by atoms with Gasteiger partial charge in [0.05, 0.1) is 24.1 Å². The van der Waals surface area contributed by atoms with E-state index in [1.807, 2.05) is 42.7 Å². The summed E-state index contributed by atoms with van der Waals surface area (Å²) in [7, 11) is -1.91. The molecule has 0 aliphatic rings. The number of ether oxygens (including phenoxy) is 1. The Morgan fingerprint density at radius 3 is 2.39 bits per heavy atom. The van der Waals surface area contributed by atoms with Gasteiger partial charge in [0, 0.05) is 17.6 Å². The van der Waals surface area contributed by atoms with Crippen molar-refractivity contribution in [3.05, 3.63) is 72.5 Å². The maximum Gasteiger partial charge on any atom is 0.310 e. The van der Waals surface area contributed by atoms with Gasteiger partial charge in [0.25, 0.3) is 0 Å². The van der Waals surface area contributed by atoms with Crippen molar-refractivity contribution in [2.75, 3.05) is 13.4 Å². The summed E-state index contributed by atoms with van der Waals surface area (Å²) >= 11 is 0. The molecule has 0 radical (unpaired) electrons. The number of benzene rings is 1. The molecule has 0 fully saturated rings. The fourth-order valence-corrected chi connectivity index (χ4v) is 3.61. The monoisotopic (exact) mass is 399 g/mol. The molecular formula is C22H25NO4S. The predicted molar refractivity (Wildman–Crippen MR) is 113 cm³/mol. The van der Waals surface area contributed by atoms with Gasteiger partial charge in [-0.1, -0.05) is 30.9 Å². The van der Waals surface area contributed by atoms with Crippen LogP contribution < -0.4 is 0 Å². The second kappa shape index (κ2) is 8.89. The number of carbonyl (C=O) groups is 1. The van der Waals surface area contributed by atoms with Crippen molar-refractivity contribution in [2.24, 2.45) is 0 Å². The average Bonchev–Trinajstić information content (AvgIpc) is 2.97. The zero-order valence-electron chi connectivity index (χ0n) is 16.6. The van der Waals surface area contributed by atoms with Gasteiger partial charge in [0.1, 0.15) is 0 Å². The maximum absolute atomic E-state index is 11.8. The van der Waals surface area contributed by atoms with E-state index in [-0.39, 0.29) is 17.3 Å². The van der Waals surface area contributed by atoms with Gasteiger partial charge in [-0.2, -0.15) is 0 Å². The number of sulfone groups is 1. The topological polar surface area (TPSA) is 65.4 Å². The largest absolute Gasteiger partial charge is 0.469 e. The molecule has 0 aliphatic carbocycles. The van der Waals surface area contributed by atoms with Gasteiger partial charge in [-0.3, -0.25) is 4.79 Å². The third kappa shape index (κ3) is 4.70. The highest BCUT2D eigenvalue weighted by molar-refractivity contribution is 7.90. The molecule has 2 aromatic rings. The third-order valence-corrected chi connectivity index (χ3v) is 5.51. The minimum absolute atomic E-state index is 0.154. The lowest BCUT2D eigenvalue weighted by atomic mass is 10.1. The normalized spacial score (nSPS) is 12.4. The van der Waals surface area contributed by atoms with Gasteiger partial charge in [0.15, 0.2) is 9.84 Å². The highest BCUT2D eigenvalue weighted by Gasteiger charge is 2.18. The summed E-state index contributed by atoms with van der Waals surface area (Å²) in [6.45, 7) is 7.64. The van der Waals surface area contributed by atoms with E-state index in [1.165, 1.54) is 13.4 Å². The van der Waals surface area contributed by atoms with Crippen LogP contribution in [0.4, 0.5) is 0 Å². The standard InChI is InChI=1S/C22H25NO4S/c1-6-8-19(9-7-2)23-16(3)18(15-22(24)27-4)14-21(23)17-10-12-20(13-11-17)28(5,25)26/h6-14H,1,15H2,2-5H3/b9-7-,19-8+. The van der Waals surface area contributed by atoms with E-state index in [1.54, 1.807) is 30.3 Å².